The van der Waals surface area contributed by atoms with Crippen LogP contribution in [-0.2, 0) is 16.1 Å². The number of hydrogen-bond donors (Lipinski definition) is 1. The number of hydrogen-bond acceptors (Lipinski definition) is 6. The van der Waals surface area contributed by atoms with Gasteiger partial charge in [0.05, 0.1) is 0 Å². The number of carbonyl (C=O) groups is 1. The topological polar surface area (TPSA) is 86.5 Å². The van der Waals surface area contributed by atoms with E-state index in [9.17, 15) is 4.79 Å². The molecule has 0 aliphatic heterocycles. The maximum Gasteiger partial charge on any atom is 0.264 e. The fourth-order valence-electron chi connectivity index (χ4n) is 3.08. The Morgan fingerprint density at radius 1 is 1.28 bits per heavy atom. The molecular formula is C18H23N3O4. The quantitative estimate of drug-likeness (QED) is 0.829. The van der Waals surface area contributed by atoms with Crippen LogP contribution in [0.25, 0.3) is 0 Å². The number of amides is 1. The highest BCUT2D eigenvalue weighted by Gasteiger charge is 2.41. The zero-order chi connectivity index (χ0) is 17.7. The van der Waals surface area contributed by atoms with Crippen molar-refractivity contribution >= 4 is 11.6 Å². The summed E-state index contributed by atoms with van der Waals surface area (Å²) < 4.78 is 16.4. The average molecular weight is 345 g/mol. The molecule has 7 nitrogen and oxygen atoms in total. The number of ether oxygens (including phenoxy) is 2. The van der Waals surface area contributed by atoms with Gasteiger partial charge in [0.2, 0.25) is 0 Å². The fraction of sp³-hybridized carbons (Fsp3) is 0.500. The summed E-state index contributed by atoms with van der Waals surface area (Å²) in [7, 11) is 0. The number of rotatable bonds is 7. The van der Waals surface area contributed by atoms with Crippen LogP contribution < -0.4 is 10.1 Å². The lowest BCUT2D eigenvalue weighted by molar-refractivity contribution is -0.140. The molecule has 1 amide bonds. The number of anilines is 1. The smallest absolute Gasteiger partial charge is 0.264 e. The van der Waals surface area contributed by atoms with Crippen molar-refractivity contribution in [1.82, 2.24) is 10.1 Å². The number of benzene rings is 1. The van der Waals surface area contributed by atoms with Gasteiger partial charge in [-0.15, -0.1) is 0 Å². The predicted molar refractivity (Wildman–Crippen MR) is 91.3 cm³/mol. The Hall–Kier alpha value is -2.41. The number of nitrogens with one attached hydrogen (secondary N) is 1. The fourth-order valence-corrected chi connectivity index (χ4v) is 3.08. The molecule has 1 heterocycles. The van der Waals surface area contributed by atoms with E-state index in [4.69, 9.17) is 14.0 Å². The molecule has 1 aromatic carbocycles. The summed E-state index contributed by atoms with van der Waals surface area (Å²) in [4.78, 5) is 16.7. The Bertz CT molecular complexity index is 705. The van der Waals surface area contributed by atoms with Crippen molar-refractivity contribution in [2.45, 2.75) is 51.7 Å². The lowest BCUT2D eigenvalue weighted by atomic mass is 10.0. The maximum atomic E-state index is 12.6. The van der Waals surface area contributed by atoms with E-state index in [1.54, 1.807) is 31.2 Å². The Kier molecular flexibility index (Phi) is 5.33. The van der Waals surface area contributed by atoms with Crippen molar-refractivity contribution < 1.29 is 18.8 Å². The van der Waals surface area contributed by atoms with Crippen LogP contribution in [0.1, 0.15) is 44.3 Å². The second-order valence-corrected chi connectivity index (χ2v) is 6.14. The van der Waals surface area contributed by atoms with Crippen molar-refractivity contribution in [3.8, 4) is 5.75 Å². The summed E-state index contributed by atoms with van der Waals surface area (Å²) in [5, 5.41) is 6.66. The van der Waals surface area contributed by atoms with Gasteiger partial charge in [-0.2, -0.15) is 4.98 Å². The summed E-state index contributed by atoms with van der Waals surface area (Å²) in [6, 6.07) is 7.20. The van der Waals surface area contributed by atoms with Crippen molar-refractivity contribution in [2.24, 2.45) is 0 Å². The molecule has 1 aliphatic carbocycles. The maximum absolute atomic E-state index is 12.6. The van der Waals surface area contributed by atoms with Gasteiger partial charge < -0.3 is 19.3 Å². The first-order valence-corrected chi connectivity index (χ1v) is 8.59. The predicted octanol–water partition coefficient (Wildman–Crippen LogP) is 3.24. The first kappa shape index (κ1) is 17.4. The van der Waals surface area contributed by atoms with Gasteiger partial charge in [-0.3, -0.25) is 4.79 Å². The number of aromatic nitrogens is 2. The summed E-state index contributed by atoms with van der Waals surface area (Å²) in [5.74, 6) is 1.60. The van der Waals surface area contributed by atoms with Crippen molar-refractivity contribution in [2.75, 3.05) is 11.9 Å². The van der Waals surface area contributed by atoms with Gasteiger partial charge in [0.25, 0.3) is 11.8 Å². The first-order chi connectivity index (χ1) is 12.1. The molecule has 0 atom stereocenters. The molecule has 3 rings (SSSR count). The largest absolute Gasteiger partial charge is 0.484 e. The van der Waals surface area contributed by atoms with Crippen LogP contribution in [0.3, 0.4) is 0 Å². The third-order valence-corrected chi connectivity index (χ3v) is 4.29. The van der Waals surface area contributed by atoms with Crippen LogP contribution in [0, 0.1) is 6.92 Å². The molecule has 7 heteroatoms. The number of nitrogens with zero attached hydrogens (tertiary/aromatic N) is 2. The minimum absolute atomic E-state index is 0.0677. The molecule has 134 valence electrons. The molecule has 0 saturated heterocycles. The van der Waals surface area contributed by atoms with Gasteiger partial charge in [-0.25, -0.2) is 0 Å². The molecule has 25 heavy (non-hydrogen) atoms. The van der Waals surface area contributed by atoms with Crippen LogP contribution in [0.5, 0.6) is 5.75 Å². The van der Waals surface area contributed by atoms with E-state index in [1.807, 2.05) is 6.92 Å². The third kappa shape index (κ3) is 4.17. The van der Waals surface area contributed by atoms with Crippen molar-refractivity contribution in [3.63, 3.8) is 0 Å². The number of carbonyl (C=O) groups excluding carboxylic acids is 1. The zero-order valence-electron chi connectivity index (χ0n) is 14.6. The summed E-state index contributed by atoms with van der Waals surface area (Å²) in [5.41, 5.74) is 0.0386. The molecule has 0 spiro atoms. The minimum Gasteiger partial charge on any atom is -0.484 e. The Morgan fingerprint density at radius 3 is 2.60 bits per heavy atom. The minimum atomic E-state index is -0.681. The van der Waals surface area contributed by atoms with Crippen LogP contribution in [0.4, 0.5) is 5.69 Å². The Morgan fingerprint density at radius 2 is 2.00 bits per heavy atom. The molecule has 1 aromatic heterocycles. The summed E-state index contributed by atoms with van der Waals surface area (Å²) in [6.07, 6.45) is 3.60. The Labute approximate surface area is 146 Å². The molecular weight excluding hydrogens is 322 g/mol. The molecule has 1 aliphatic rings. The normalized spacial score (nSPS) is 15.9. The van der Waals surface area contributed by atoms with Gasteiger partial charge in [-0.1, -0.05) is 5.16 Å². The SMILES string of the molecule is CCOC1(C(=O)Nc2ccc(OCc3nc(C)no3)cc2)CCCC1. The highest BCUT2D eigenvalue weighted by molar-refractivity contribution is 5.97. The van der Waals surface area contributed by atoms with Crippen molar-refractivity contribution in [3.05, 3.63) is 36.0 Å². The van der Waals surface area contributed by atoms with E-state index in [0.29, 0.717) is 24.1 Å². The third-order valence-electron chi connectivity index (χ3n) is 4.29. The van der Waals surface area contributed by atoms with Gasteiger partial charge in [-0.05, 0) is 63.8 Å². The molecule has 0 radical (unpaired) electrons. The summed E-state index contributed by atoms with van der Waals surface area (Å²) in [6.45, 7) is 4.42. The summed E-state index contributed by atoms with van der Waals surface area (Å²) >= 11 is 0. The average Bonchev–Trinajstić information content (AvgIpc) is 3.24. The van der Waals surface area contributed by atoms with E-state index in [2.05, 4.69) is 15.5 Å². The van der Waals surface area contributed by atoms with E-state index in [0.717, 1.165) is 31.4 Å². The van der Waals surface area contributed by atoms with Gasteiger partial charge in [0, 0.05) is 12.3 Å². The number of aryl methyl sites for hydroxylation is 1. The zero-order valence-corrected chi connectivity index (χ0v) is 14.6. The van der Waals surface area contributed by atoms with Crippen LogP contribution in [-0.4, -0.2) is 28.3 Å². The lowest BCUT2D eigenvalue weighted by Crippen LogP contribution is -2.43. The van der Waals surface area contributed by atoms with Gasteiger partial charge >= 0.3 is 0 Å². The monoisotopic (exact) mass is 345 g/mol. The van der Waals surface area contributed by atoms with Gasteiger partial charge in [0.15, 0.2) is 12.4 Å². The molecule has 1 fully saturated rings. The van der Waals surface area contributed by atoms with Gasteiger partial charge in [0.1, 0.15) is 11.4 Å². The van der Waals surface area contributed by atoms with Crippen LogP contribution in [0.2, 0.25) is 0 Å². The highest BCUT2D eigenvalue weighted by Crippen LogP contribution is 2.34. The van der Waals surface area contributed by atoms with E-state index in [-0.39, 0.29) is 12.5 Å². The molecule has 1 N–H and O–H groups in total. The molecule has 0 unspecified atom stereocenters. The van der Waals surface area contributed by atoms with Crippen LogP contribution in [0.15, 0.2) is 28.8 Å². The second-order valence-electron chi connectivity index (χ2n) is 6.14. The second kappa shape index (κ2) is 7.65. The molecule has 2 aromatic rings. The Balaban J connectivity index is 1.57. The van der Waals surface area contributed by atoms with Crippen LogP contribution >= 0.6 is 0 Å². The van der Waals surface area contributed by atoms with E-state index < -0.39 is 5.60 Å². The van der Waals surface area contributed by atoms with Crippen molar-refractivity contribution in [1.29, 1.82) is 0 Å². The molecule has 0 bridgehead atoms. The standard InChI is InChI=1S/C18H23N3O4/c1-3-24-18(10-4-5-11-18)17(22)20-14-6-8-15(9-7-14)23-12-16-19-13(2)21-25-16/h6-9H,3-5,10-12H2,1-2H3,(H,20,22). The lowest BCUT2D eigenvalue weighted by Gasteiger charge is -2.27. The highest BCUT2D eigenvalue weighted by atomic mass is 16.5. The van der Waals surface area contributed by atoms with E-state index in [1.165, 1.54) is 0 Å². The van der Waals surface area contributed by atoms with E-state index >= 15 is 0 Å². The first-order valence-electron chi connectivity index (χ1n) is 8.59. The molecule has 1 saturated carbocycles.